The highest BCUT2D eigenvalue weighted by Gasteiger charge is 2.20. The maximum Gasteiger partial charge on any atom is 0.321 e. The highest BCUT2D eigenvalue weighted by Crippen LogP contribution is 2.10. The van der Waals surface area contributed by atoms with Gasteiger partial charge >= 0.3 is 5.97 Å². The van der Waals surface area contributed by atoms with Gasteiger partial charge in [-0.25, -0.2) is 4.98 Å². The summed E-state index contributed by atoms with van der Waals surface area (Å²) in [5.74, 6) is -1.35. The van der Waals surface area contributed by atoms with E-state index >= 15 is 0 Å². The standard InChI is InChI=1S/C17H22N4O3/c1-13-4-2-5-14(10-13)20-16(22)11-15(17(23)24)19-6-3-8-21-9-7-18-12-21/h2,4-5,7,9-10,12,15,19H,3,6,8,11H2,1H3,(H,20,22)(H,23,24)/t15-/m1/s1. The van der Waals surface area contributed by atoms with Gasteiger partial charge in [0, 0.05) is 24.6 Å². The van der Waals surface area contributed by atoms with Crippen LogP contribution in [0, 0.1) is 6.92 Å². The van der Waals surface area contributed by atoms with E-state index in [1.807, 2.05) is 35.9 Å². The van der Waals surface area contributed by atoms with Crippen molar-refractivity contribution in [2.75, 3.05) is 11.9 Å². The van der Waals surface area contributed by atoms with Gasteiger partial charge in [-0.1, -0.05) is 12.1 Å². The summed E-state index contributed by atoms with van der Waals surface area (Å²) in [4.78, 5) is 27.3. The first-order valence-electron chi connectivity index (χ1n) is 7.83. The lowest BCUT2D eigenvalue weighted by molar-refractivity contribution is -0.141. The zero-order valence-electron chi connectivity index (χ0n) is 13.6. The van der Waals surface area contributed by atoms with E-state index in [0.717, 1.165) is 18.5 Å². The molecule has 1 aromatic carbocycles. The van der Waals surface area contributed by atoms with Gasteiger partial charge in [-0.05, 0) is 37.6 Å². The second kappa shape index (κ2) is 8.83. The maximum atomic E-state index is 12.0. The fourth-order valence-electron chi connectivity index (χ4n) is 2.32. The number of nitrogens with zero attached hydrogens (tertiary/aromatic N) is 2. The first kappa shape index (κ1) is 17.7. The van der Waals surface area contributed by atoms with Gasteiger partial charge in [0.05, 0.1) is 12.7 Å². The Morgan fingerprint density at radius 1 is 1.38 bits per heavy atom. The van der Waals surface area contributed by atoms with Crippen LogP contribution in [0.25, 0.3) is 0 Å². The number of aryl methyl sites for hydroxylation is 2. The zero-order valence-corrected chi connectivity index (χ0v) is 13.6. The van der Waals surface area contributed by atoms with E-state index in [9.17, 15) is 14.7 Å². The number of imidazole rings is 1. The quantitative estimate of drug-likeness (QED) is 0.608. The Bertz CT molecular complexity index is 670. The average molecular weight is 330 g/mol. The normalized spacial score (nSPS) is 11.9. The van der Waals surface area contributed by atoms with Gasteiger partial charge in [-0.15, -0.1) is 0 Å². The second-order valence-electron chi connectivity index (χ2n) is 5.62. The molecule has 0 unspecified atom stereocenters. The Balaban J connectivity index is 1.77. The van der Waals surface area contributed by atoms with Gasteiger partial charge in [-0.2, -0.15) is 0 Å². The molecule has 7 nitrogen and oxygen atoms in total. The van der Waals surface area contributed by atoms with Crippen LogP contribution in [0.4, 0.5) is 5.69 Å². The summed E-state index contributed by atoms with van der Waals surface area (Å²) in [6.45, 7) is 3.18. The maximum absolute atomic E-state index is 12.0. The molecule has 1 aromatic heterocycles. The molecule has 128 valence electrons. The first-order chi connectivity index (χ1) is 11.5. The number of aliphatic carboxylic acids is 1. The number of carbonyl (C=O) groups is 2. The lowest BCUT2D eigenvalue weighted by atomic mass is 10.1. The van der Waals surface area contributed by atoms with E-state index < -0.39 is 12.0 Å². The number of rotatable bonds is 9. The van der Waals surface area contributed by atoms with Crippen molar-refractivity contribution < 1.29 is 14.7 Å². The summed E-state index contributed by atoms with van der Waals surface area (Å²) >= 11 is 0. The number of carboxylic acids is 1. The monoisotopic (exact) mass is 330 g/mol. The van der Waals surface area contributed by atoms with Gasteiger partial charge in [-0.3, -0.25) is 9.59 Å². The minimum Gasteiger partial charge on any atom is -0.480 e. The topological polar surface area (TPSA) is 96.3 Å². The number of amides is 1. The number of aromatic nitrogens is 2. The van der Waals surface area contributed by atoms with Crippen molar-refractivity contribution in [2.24, 2.45) is 0 Å². The van der Waals surface area contributed by atoms with Gasteiger partial charge in [0.1, 0.15) is 6.04 Å². The molecular formula is C17H22N4O3. The van der Waals surface area contributed by atoms with Gasteiger partial charge in [0.2, 0.25) is 5.91 Å². The molecule has 0 fully saturated rings. The highest BCUT2D eigenvalue weighted by atomic mass is 16.4. The van der Waals surface area contributed by atoms with Crippen LogP contribution >= 0.6 is 0 Å². The van der Waals surface area contributed by atoms with Gasteiger partial charge in [0.25, 0.3) is 0 Å². The lowest BCUT2D eigenvalue weighted by Gasteiger charge is -2.14. The molecule has 1 amide bonds. The van der Waals surface area contributed by atoms with Crippen LogP contribution in [-0.2, 0) is 16.1 Å². The number of carboxylic acid groups (broad SMARTS) is 1. The number of nitrogens with one attached hydrogen (secondary N) is 2. The van der Waals surface area contributed by atoms with Crippen LogP contribution in [0.3, 0.4) is 0 Å². The van der Waals surface area contributed by atoms with E-state index in [2.05, 4.69) is 15.6 Å². The largest absolute Gasteiger partial charge is 0.480 e. The highest BCUT2D eigenvalue weighted by molar-refractivity contribution is 5.94. The molecular weight excluding hydrogens is 308 g/mol. The lowest BCUT2D eigenvalue weighted by Crippen LogP contribution is -2.40. The molecule has 3 N–H and O–H groups in total. The fraction of sp³-hybridized carbons (Fsp3) is 0.353. The number of hydrogen-bond acceptors (Lipinski definition) is 4. The molecule has 2 rings (SSSR count). The molecule has 0 saturated carbocycles. The van der Waals surface area contributed by atoms with E-state index in [1.165, 1.54) is 0 Å². The summed E-state index contributed by atoms with van der Waals surface area (Å²) in [7, 11) is 0. The second-order valence-corrected chi connectivity index (χ2v) is 5.62. The van der Waals surface area contributed by atoms with Crippen molar-refractivity contribution in [3.63, 3.8) is 0 Å². The Labute approximate surface area is 140 Å². The molecule has 1 heterocycles. The number of hydrogen-bond donors (Lipinski definition) is 3. The fourth-order valence-corrected chi connectivity index (χ4v) is 2.32. The average Bonchev–Trinajstić information content (AvgIpc) is 3.03. The summed E-state index contributed by atoms with van der Waals surface area (Å²) in [6.07, 6.45) is 5.89. The minimum atomic E-state index is -1.03. The Hall–Kier alpha value is -2.67. The molecule has 24 heavy (non-hydrogen) atoms. The summed E-state index contributed by atoms with van der Waals surface area (Å²) in [5.41, 5.74) is 1.70. The van der Waals surface area contributed by atoms with Crippen LogP contribution in [-0.4, -0.2) is 39.1 Å². The number of carbonyl (C=O) groups excluding carboxylic acids is 1. The van der Waals surface area contributed by atoms with E-state index in [4.69, 9.17) is 0 Å². The van der Waals surface area contributed by atoms with E-state index in [0.29, 0.717) is 12.2 Å². The van der Waals surface area contributed by atoms with Crippen LogP contribution < -0.4 is 10.6 Å². The van der Waals surface area contributed by atoms with Crippen molar-refractivity contribution >= 4 is 17.6 Å². The minimum absolute atomic E-state index is 0.117. The Kier molecular flexibility index (Phi) is 6.51. The molecule has 1 atom stereocenters. The molecule has 0 spiro atoms. The van der Waals surface area contributed by atoms with Crippen molar-refractivity contribution in [3.05, 3.63) is 48.5 Å². The number of benzene rings is 1. The smallest absolute Gasteiger partial charge is 0.321 e. The van der Waals surface area contributed by atoms with Crippen LogP contribution in [0.5, 0.6) is 0 Å². The van der Waals surface area contributed by atoms with Crippen LogP contribution in [0.15, 0.2) is 43.0 Å². The molecule has 2 aromatic rings. The van der Waals surface area contributed by atoms with E-state index in [1.54, 1.807) is 18.6 Å². The predicted octanol–water partition coefficient (Wildman–Crippen LogP) is 1.65. The van der Waals surface area contributed by atoms with Crippen molar-refractivity contribution in [2.45, 2.75) is 32.4 Å². The molecule has 0 aliphatic rings. The van der Waals surface area contributed by atoms with E-state index in [-0.39, 0.29) is 12.3 Å². The Morgan fingerprint density at radius 3 is 2.88 bits per heavy atom. The van der Waals surface area contributed by atoms with Gasteiger partial charge in [0.15, 0.2) is 0 Å². The molecule has 0 aliphatic carbocycles. The summed E-state index contributed by atoms with van der Waals surface area (Å²) < 4.78 is 1.92. The third-order valence-electron chi connectivity index (χ3n) is 3.53. The molecule has 0 aliphatic heterocycles. The zero-order chi connectivity index (χ0) is 17.4. The predicted molar refractivity (Wildman–Crippen MR) is 90.7 cm³/mol. The SMILES string of the molecule is Cc1cccc(NC(=O)C[C@@H](NCCCn2ccnc2)C(=O)O)c1. The van der Waals surface area contributed by atoms with Crippen molar-refractivity contribution in [1.82, 2.24) is 14.9 Å². The molecule has 7 heteroatoms. The summed E-state index contributed by atoms with van der Waals surface area (Å²) in [6, 6.07) is 6.48. The Morgan fingerprint density at radius 2 is 2.21 bits per heavy atom. The van der Waals surface area contributed by atoms with Gasteiger partial charge < -0.3 is 20.3 Å². The van der Waals surface area contributed by atoms with Crippen LogP contribution in [0.2, 0.25) is 0 Å². The van der Waals surface area contributed by atoms with Crippen molar-refractivity contribution in [3.8, 4) is 0 Å². The third kappa shape index (κ3) is 5.85. The molecule has 0 bridgehead atoms. The number of anilines is 1. The molecule has 0 saturated heterocycles. The third-order valence-corrected chi connectivity index (χ3v) is 3.53. The van der Waals surface area contributed by atoms with Crippen molar-refractivity contribution in [1.29, 1.82) is 0 Å². The summed E-state index contributed by atoms with van der Waals surface area (Å²) in [5, 5.41) is 14.9. The molecule has 0 radical (unpaired) electrons. The van der Waals surface area contributed by atoms with Crippen LogP contribution in [0.1, 0.15) is 18.4 Å². The first-order valence-corrected chi connectivity index (χ1v) is 7.83.